The minimum atomic E-state index is -1.03. The third kappa shape index (κ3) is 1.81. The fourth-order valence-corrected chi connectivity index (χ4v) is 3.16. The summed E-state index contributed by atoms with van der Waals surface area (Å²) in [6.45, 7) is 0. The molecule has 2 atom stereocenters. The molecule has 0 saturated heterocycles. The van der Waals surface area contributed by atoms with Crippen LogP contribution in [-0.4, -0.2) is 5.78 Å². The minimum Gasteiger partial charge on any atom is -0.315 e. The van der Waals surface area contributed by atoms with Crippen LogP contribution in [0.25, 0.3) is 10.8 Å². The van der Waals surface area contributed by atoms with Crippen LogP contribution in [0.4, 0.5) is 0 Å². The number of carbonyl (C=O) groups is 1. The first-order valence-corrected chi connectivity index (χ1v) is 6.88. The van der Waals surface area contributed by atoms with Crippen molar-refractivity contribution >= 4 is 16.6 Å². The highest BCUT2D eigenvalue weighted by molar-refractivity contribution is 5.98. The fraction of sp³-hybridized carbons (Fsp3) is 0.294. The lowest BCUT2D eigenvalue weighted by atomic mass is 9.71. The van der Waals surface area contributed by atoms with Gasteiger partial charge in [-0.15, -0.1) is 0 Å². The molecule has 0 heterocycles. The van der Waals surface area contributed by atoms with Gasteiger partial charge in [-0.2, -0.15) is 5.26 Å². The summed E-state index contributed by atoms with van der Waals surface area (Å²) >= 11 is 0. The number of fused-ring (bicyclic) bond motifs is 1. The van der Waals surface area contributed by atoms with Crippen molar-refractivity contribution in [3.8, 4) is 6.07 Å². The fourth-order valence-electron chi connectivity index (χ4n) is 3.16. The van der Waals surface area contributed by atoms with Crippen LogP contribution >= 0.6 is 0 Å². The quantitative estimate of drug-likeness (QED) is 0.861. The zero-order chi connectivity index (χ0) is 14.2. The second-order valence-corrected chi connectivity index (χ2v) is 5.44. The summed E-state index contributed by atoms with van der Waals surface area (Å²) in [4.78, 5) is 12.6. The van der Waals surface area contributed by atoms with E-state index < -0.39 is 11.5 Å². The predicted molar refractivity (Wildman–Crippen MR) is 77.8 cm³/mol. The van der Waals surface area contributed by atoms with Gasteiger partial charge in [0.1, 0.15) is 11.5 Å². The molecule has 1 aliphatic carbocycles. The Kier molecular flexibility index (Phi) is 3.04. The maximum Gasteiger partial charge on any atom is 0.174 e. The highest BCUT2D eigenvalue weighted by atomic mass is 16.1. The molecule has 0 radical (unpaired) electrons. The molecule has 1 saturated carbocycles. The molecule has 1 fully saturated rings. The molecule has 0 spiro atoms. The Morgan fingerprint density at radius 3 is 2.75 bits per heavy atom. The van der Waals surface area contributed by atoms with Crippen molar-refractivity contribution < 1.29 is 4.79 Å². The lowest BCUT2D eigenvalue weighted by Crippen LogP contribution is -2.50. The van der Waals surface area contributed by atoms with E-state index in [0.29, 0.717) is 12.8 Å². The average molecular weight is 264 g/mol. The zero-order valence-electron chi connectivity index (χ0n) is 11.2. The average Bonchev–Trinajstić information content (AvgIpc) is 2.49. The first kappa shape index (κ1) is 12.8. The van der Waals surface area contributed by atoms with Gasteiger partial charge in [0.05, 0.1) is 6.07 Å². The van der Waals surface area contributed by atoms with Gasteiger partial charge >= 0.3 is 0 Å². The van der Waals surface area contributed by atoms with Crippen molar-refractivity contribution in [3.63, 3.8) is 0 Å². The Hall–Kier alpha value is -2.18. The Morgan fingerprint density at radius 1 is 1.20 bits per heavy atom. The van der Waals surface area contributed by atoms with E-state index >= 15 is 0 Å². The summed E-state index contributed by atoms with van der Waals surface area (Å²) in [5.41, 5.74) is 6.27. The molecule has 0 amide bonds. The molecule has 100 valence electrons. The van der Waals surface area contributed by atoms with Gasteiger partial charge < -0.3 is 5.73 Å². The van der Waals surface area contributed by atoms with E-state index in [4.69, 9.17) is 11.0 Å². The number of Topliss-reactive ketones (excluding diaryl/α,β-unsaturated/α-hetero) is 1. The summed E-state index contributed by atoms with van der Waals surface area (Å²) < 4.78 is 0. The van der Waals surface area contributed by atoms with Gasteiger partial charge in [-0.25, -0.2) is 0 Å². The highest BCUT2D eigenvalue weighted by Gasteiger charge is 2.43. The zero-order valence-corrected chi connectivity index (χ0v) is 11.2. The standard InChI is InChI=1S/C17H16N2O/c18-11-13-7-4-10-17(19,16(13)20)15-9-3-6-12-5-1-2-8-14(12)15/h1-3,5-6,8-9,13H,4,7,10,19H2. The number of hydrogen-bond acceptors (Lipinski definition) is 3. The van der Waals surface area contributed by atoms with Crippen molar-refractivity contribution in [2.24, 2.45) is 11.7 Å². The Labute approximate surface area is 118 Å². The van der Waals surface area contributed by atoms with E-state index in [2.05, 4.69) is 6.07 Å². The Balaban J connectivity index is 2.19. The molecule has 2 aromatic carbocycles. The molecule has 3 nitrogen and oxygen atoms in total. The molecule has 3 heteroatoms. The Bertz CT molecular complexity index is 711. The van der Waals surface area contributed by atoms with Crippen LogP contribution in [0.5, 0.6) is 0 Å². The number of rotatable bonds is 1. The van der Waals surface area contributed by atoms with Crippen LogP contribution in [0, 0.1) is 17.2 Å². The summed E-state index contributed by atoms with van der Waals surface area (Å²) in [7, 11) is 0. The van der Waals surface area contributed by atoms with Crippen LogP contribution in [0.2, 0.25) is 0 Å². The van der Waals surface area contributed by atoms with Crippen LogP contribution in [0.1, 0.15) is 24.8 Å². The van der Waals surface area contributed by atoms with Crippen molar-refractivity contribution in [3.05, 3.63) is 48.0 Å². The molecular formula is C17H16N2O. The van der Waals surface area contributed by atoms with Gasteiger partial charge in [0, 0.05) is 0 Å². The molecule has 2 N–H and O–H groups in total. The van der Waals surface area contributed by atoms with Crippen LogP contribution in [0.3, 0.4) is 0 Å². The highest BCUT2D eigenvalue weighted by Crippen LogP contribution is 2.38. The lowest BCUT2D eigenvalue weighted by molar-refractivity contribution is -0.129. The number of ketones is 1. The third-order valence-electron chi connectivity index (χ3n) is 4.25. The lowest BCUT2D eigenvalue weighted by Gasteiger charge is -2.35. The molecule has 2 aromatic rings. The molecule has 0 aromatic heterocycles. The van der Waals surface area contributed by atoms with Crippen LogP contribution in [0.15, 0.2) is 42.5 Å². The van der Waals surface area contributed by atoms with Crippen molar-refractivity contribution in [1.29, 1.82) is 5.26 Å². The topological polar surface area (TPSA) is 66.9 Å². The number of nitrogens with zero attached hydrogens (tertiary/aromatic N) is 1. The monoisotopic (exact) mass is 264 g/mol. The van der Waals surface area contributed by atoms with Gasteiger partial charge in [-0.05, 0) is 35.6 Å². The maximum absolute atomic E-state index is 12.6. The molecule has 20 heavy (non-hydrogen) atoms. The van der Waals surface area contributed by atoms with Crippen molar-refractivity contribution in [2.45, 2.75) is 24.8 Å². The minimum absolute atomic E-state index is 0.136. The van der Waals surface area contributed by atoms with Crippen LogP contribution < -0.4 is 5.73 Å². The first-order chi connectivity index (χ1) is 9.66. The molecule has 0 bridgehead atoms. The first-order valence-electron chi connectivity index (χ1n) is 6.88. The van der Waals surface area contributed by atoms with E-state index in [9.17, 15) is 4.79 Å². The second-order valence-electron chi connectivity index (χ2n) is 5.44. The molecule has 2 unspecified atom stereocenters. The summed E-state index contributed by atoms with van der Waals surface area (Å²) in [6, 6.07) is 15.9. The number of nitrogens with two attached hydrogens (primary N) is 1. The second kappa shape index (κ2) is 4.73. The Morgan fingerprint density at radius 2 is 1.95 bits per heavy atom. The third-order valence-corrected chi connectivity index (χ3v) is 4.25. The number of benzene rings is 2. The SMILES string of the molecule is N#CC1CCCC(N)(c2cccc3ccccc23)C1=O. The van der Waals surface area contributed by atoms with Gasteiger partial charge in [0.15, 0.2) is 5.78 Å². The van der Waals surface area contributed by atoms with Gasteiger partial charge in [-0.1, -0.05) is 42.5 Å². The summed E-state index contributed by atoms with van der Waals surface area (Å²) in [5.74, 6) is -0.713. The molecule has 1 aliphatic rings. The number of hydrogen-bond donors (Lipinski definition) is 1. The summed E-state index contributed by atoms with van der Waals surface area (Å²) in [6.07, 6.45) is 2.04. The van der Waals surface area contributed by atoms with E-state index in [1.807, 2.05) is 42.5 Å². The van der Waals surface area contributed by atoms with Gasteiger partial charge in [-0.3, -0.25) is 4.79 Å². The number of nitriles is 1. The normalized spacial score (nSPS) is 26.4. The van der Waals surface area contributed by atoms with Crippen molar-refractivity contribution in [2.75, 3.05) is 0 Å². The molecule has 3 rings (SSSR count). The van der Waals surface area contributed by atoms with E-state index in [1.165, 1.54) is 0 Å². The maximum atomic E-state index is 12.6. The predicted octanol–water partition coefficient (Wildman–Crippen LogP) is 2.89. The van der Waals surface area contributed by atoms with Crippen molar-refractivity contribution in [1.82, 2.24) is 0 Å². The van der Waals surface area contributed by atoms with Gasteiger partial charge in [0.25, 0.3) is 0 Å². The van der Waals surface area contributed by atoms with Gasteiger partial charge in [0.2, 0.25) is 0 Å². The van der Waals surface area contributed by atoms with E-state index in [0.717, 1.165) is 22.8 Å². The van der Waals surface area contributed by atoms with E-state index in [-0.39, 0.29) is 5.78 Å². The summed E-state index contributed by atoms with van der Waals surface area (Å²) in [5, 5.41) is 11.2. The molecular weight excluding hydrogens is 248 g/mol. The van der Waals surface area contributed by atoms with E-state index in [1.54, 1.807) is 0 Å². The number of carbonyl (C=O) groups excluding carboxylic acids is 1. The smallest absolute Gasteiger partial charge is 0.174 e. The largest absolute Gasteiger partial charge is 0.315 e. The van der Waals surface area contributed by atoms with Crippen LogP contribution in [-0.2, 0) is 10.3 Å². The molecule has 0 aliphatic heterocycles.